The third-order valence-electron chi connectivity index (χ3n) is 2.27. The molecule has 1 unspecified atom stereocenters. The maximum Gasteiger partial charge on any atom is 0.327 e. The first-order valence-electron chi connectivity index (χ1n) is 5.02. The minimum Gasteiger partial charge on any atom is -0.468 e. The molecule has 0 saturated heterocycles. The molecule has 0 aliphatic heterocycles. The highest BCUT2D eigenvalue weighted by molar-refractivity contribution is 5.77. The summed E-state index contributed by atoms with van der Waals surface area (Å²) in [5, 5.41) is 7.24. The first-order valence-corrected chi connectivity index (χ1v) is 5.02. The van der Waals surface area contributed by atoms with Crippen molar-refractivity contribution in [2.45, 2.75) is 13.0 Å². The molecule has 88 valence electrons. The van der Waals surface area contributed by atoms with Crippen molar-refractivity contribution in [2.75, 3.05) is 13.7 Å². The van der Waals surface area contributed by atoms with Gasteiger partial charge in [0.15, 0.2) is 0 Å². The van der Waals surface area contributed by atoms with E-state index in [0.29, 0.717) is 6.54 Å². The molecule has 0 amide bonds. The van der Waals surface area contributed by atoms with Gasteiger partial charge in [-0.1, -0.05) is 6.08 Å². The lowest BCUT2D eigenvalue weighted by atomic mass is 10.1. The quantitative estimate of drug-likeness (QED) is 0.590. The summed E-state index contributed by atoms with van der Waals surface area (Å²) in [6.07, 6.45) is 3.51. The molecule has 0 bridgehead atoms. The van der Waals surface area contributed by atoms with Crippen LogP contribution in [-0.4, -0.2) is 29.4 Å². The molecule has 1 aromatic rings. The highest BCUT2D eigenvalue weighted by Gasteiger charge is 2.23. The van der Waals surface area contributed by atoms with Crippen LogP contribution >= 0.6 is 0 Å². The monoisotopic (exact) mass is 223 g/mol. The number of methoxy groups -OCH3 is 1. The predicted octanol–water partition coefficient (Wildman–Crippen LogP) is 0.718. The van der Waals surface area contributed by atoms with Gasteiger partial charge in [0.25, 0.3) is 0 Å². The van der Waals surface area contributed by atoms with Crippen molar-refractivity contribution in [3.8, 4) is 0 Å². The lowest BCUT2D eigenvalue weighted by molar-refractivity contribution is -0.143. The first kappa shape index (κ1) is 12.4. The van der Waals surface area contributed by atoms with Crippen LogP contribution in [0.5, 0.6) is 0 Å². The predicted molar refractivity (Wildman–Crippen MR) is 60.9 cm³/mol. The van der Waals surface area contributed by atoms with Crippen molar-refractivity contribution in [1.82, 2.24) is 15.1 Å². The number of hydrogen-bond donors (Lipinski definition) is 1. The Morgan fingerprint density at radius 1 is 1.81 bits per heavy atom. The van der Waals surface area contributed by atoms with Gasteiger partial charge in [0.1, 0.15) is 6.04 Å². The van der Waals surface area contributed by atoms with Gasteiger partial charge >= 0.3 is 5.97 Å². The smallest absolute Gasteiger partial charge is 0.327 e. The number of aromatic nitrogens is 2. The Morgan fingerprint density at radius 3 is 2.94 bits per heavy atom. The summed E-state index contributed by atoms with van der Waals surface area (Å²) in [5.41, 5.74) is 1.64. The molecule has 5 nitrogen and oxygen atoms in total. The van der Waals surface area contributed by atoms with Gasteiger partial charge in [-0.2, -0.15) is 5.10 Å². The molecule has 5 heteroatoms. The SMILES string of the molecule is C=CCNC(C(=O)OC)c1cn(C)nc1C. The Labute approximate surface area is 95.1 Å². The van der Waals surface area contributed by atoms with Crippen molar-refractivity contribution in [2.24, 2.45) is 7.05 Å². The molecule has 1 atom stereocenters. The molecule has 1 heterocycles. The number of rotatable bonds is 5. The van der Waals surface area contributed by atoms with E-state index in [1.54, 1.807) is 10.8 Å². The maximum atomic E-state index is 11.6. The van der Waals surface area contributed by atoms with Gasteiger partial charge in [0, 0.05) is 25.4 Å². The second-order valence-electron chi connectivity index (χ2n) is 3.50. The van der Waals surface area contributed by atoms with E-state index < -0.39 is 6.04 Å². The highest BCUT2D eigenvalue weighted by Crippen LogP contribution is 2.17. The van der Waals surface area contributed by atoms with E-state index in [1.807, 2.05) is 20.2 Å². The Bertz CT molecular complexity index is 385. The third-order valence-corrected chi connectivity index (χ3v) is 2.27. The standard InChI is InChI=1S/C11H17N3O2/c1-5-6-12-10(11(15)16-4)9-7-14(3)13-8(9)2/h5,7,10,12H,1,6H2,2-4H3. The third kappa shape index (κ3) is 2.70. The first-order chi connectivity index (χ1) is 7.60. The maximum absolute atomic E-state index is 11.6. The second kappa shape index (κ2) is 5.46. The van der Waals surface area contributed by atoms with E-state index in [2.05, 4.69) is 17.0 Å². The molecular weight excluding hydrogens is 206 g/mol. The van der Waals surface area contributed by atoms with Gasteiger partial charge in [-0.05, 0) is 6.92 Å². The average Bonchev–Trinajstić information content (AvgIpc) is 2.58. The van der Waals surface area contributed by atoms with E-state index in [-0.39, 0.29) is 5.97 Å². The minimum absolute atomic E-state index is 0.321. The Morgan fingerprint density at radius 2 is 2.50 bits per heavy atom. The van der Waals surface area contributed by atoms with Crippen LogP contribution in [0.2, 0.25) is 0 Å². The van der Waals surface area contributed by atoms with E-state index in [0.717, 1.165) is 11.3 Å². The van der Waals surface area contributed by atoms with Crippen LogP contribution < -0.4 is 5.32 Å². The van der Waals surface area contributed by atoms with Crippen LogP contribution in [0.25, 0.3) is 0 Å². The normalized spacial score (nSPS) is 12.2. The number of nitrogens with one attached hydrogen (secondary N) is 1. The fourth-order valence-electron chi connectivity index (χ4n) is 1.54. The number of carbonyl (C=O) groups is 1. The van der Waals surface area contributed by atoms with Crippen molar-refractivity contribution in [1.29, 1.82) is 0 Å². The zero-order valence-electron chi connectivity index (χ0n) is 9.86. The van der Waals surface area contributed by atoms with Crippen molar-refractivity contribution in [3.63, 3.8) is 0 Å². The van der Waals surface area contributed by atoms with Crippen LogP contribution in [0.4, 0.5) is 0 Å². The molecule has 0 radical (unpaired) electrons. The Kier molecular flexibility index (Phi) is 4.25. The van der Waals surface area contributed by atoms with Gasteiger partial charge < -0.3 is 4.74 Å². The second-order valence-corrected chi connectivity index (χ2v) is 3.50. The number of carbonyl (C=O) groups excluding carboxylic acids is 1. The zero-order valence-corrected chi connectivity index (χ0v) is 9.86. The van der Waals surface area contributed by atoms with Crippen LogP contribution in [0.1, 0.15) is 17.3 Å². The van der Waals surface area contributed by atoms with Crippen LogP contribution in [0, 0.1) is 6.92 Å². The Hall–Kier alpha value is -1.62. The lowest BCUT2D eigenvalue weighted by Crippen LogP contribution is -2.30. The van der Waals surface area contributed by atoms with Crippen LogP contribution in [-0.2, 0) is 16.6 Å². The molecule has 0 aromatic carbocycles. The van der Waals surface area contributed by atoms with E-state index in [4.69, 9.17) is 4.74 Å². The summed E-state index contributed by atoms with van der Waals surface area (Å²) in [6, 6.07) is -0.489. The largest absolute Gasteiger partial charge is 0.468 e. The molecule has 1 rings (SSSR count). The van der Waals surface area contributed by atoms with Crippen molar-refractivity contribution in [3.05, 3.63) is 30.1 Å². The van der Waals surface area contributed by atoms with Crippen LogP contribution in [0.3, 0.4) is 0 Å². The highest BCUT2D eigenvalue weighted by atomic mass is 16.5. The summed E-state index contributed by atoms with van der Waals surface area (Å²) in [7, 11) is 3.19. The van der Waals surface area contributed by atoms with Crippen LogP contribution in [0.15, 0.2) is 18.9 Å². The summed E-state index contributed by atoms with van der Waals surface area (Å²) in [5.74, 6) is -0.321. The fourth-order valence-corrected chi connectivity index (χ4v) is 1.54. The van der Waals surface area contributed by atoms with Gasteiger partial charge in [-0.15, -0.1) is 6.58 Å². The Balaban J connectivity index is 2.95. The van der Waals surface area contributed by atoms with E-state index in [9.17, 15) is 4.79 Å². The average molecular weight is 223 g/mol. The molecule has 0 aliphatic rings. The summed E-state index contributed by atoms with van der Waals surface area (Å²) >= 11 is 0. The van der Waals surface area contributed by atoms with Crippen molar-refractivity contribution < 1.29 is 9.53 Å². The van der Waals surface area contributed by atoms with Crippen molar-refractivity contribution >= 4 is 5.97 Å². The molecule has 0 saturated carbocycles. The molecule has 1 N–H and O–H groups in total. The molecule has 0 aliphatic carbocycles. The number of ether oxygens (including phenoxy) is 1. The molecule has 0 fully saturated rings. The van der Waals surface area contributed by atoms with Gasteiger partial charge in [0.2, 0.25) is 0 Å². The number of esters is 1. The number of aryl methyl sites for hydroxylation is 2. The fraction of sp³-hybridized carbons (Fsp3) is 0.455. The lowest BCUT2D eigenvalue weighted by Gasteiger charge is -2.14. The molecule has 1 aromatic heterocycles. The van der Waals surface area contributed by atoms with Gasteiger partial charge in [-0.3, -0.25) is 10.00 Å². The molecular formula is C11H17N3O2. The number of hydrogen-bond acceptors (Lipinski definition) is 4. The minimum atomic E-state index is -0.489. The van der Waals surface area contributed by atoms with Gasteiger partial charge in [0.05, 0.1) is 12.8 Å². The van der Waals surface area contributed by atoms with E-state index >= 15 is 0 Å². The zero-order chi connectivity index (χ0) is 12.1. The molecule has 16 heavy (non-hydrogen) atoms. The van der Waals surface area contributed by atoms with E-state index in [1.165, 1.54) is 7.11 Å². The molecule has 0 spiro atoms. The summed E-state index contributed by atoms with van der Waals surface area (Å²) in [6.45, 7) is 6.00. The topological polar surface area (TPSA) is 56.1 Å². The summed E-state index contributed by atoms with van der Waals surface area (Å²) in [4.78, 5) is 11.6. The van der Waals surface area contributed by atoms with Gasteiger partial charge in [-0.25, -0.2) is 4.79 Å². The number of nitrogens with zero attached hydrogens (tertiary/aromatic N) is 2. The summed E-state index contributed by atoms with van der Waals surface area (Å²) < 4.78 is 6.43.